The van der Waals surface area contributed by atoms with Gasteiger partial charge in [0, 0.05) is 0 Å². The van der Waals surface area contributed by atoms with Crippen LogP contribution in [-0.2, 0) is 0 Å². The third-order valence-electron chi connectivity index (χ3n) is 2.99. The first-order valence-corrected chi connectivity index (χ1v) is 6.07. The first-order chi connectivity index (χ1) is 6.95. The Balaban J connectivity index is 0.00000225. The molecule has 0 saturated heterocycles. The molecule has 0 aliphatic carbocycles. The van der Waals surface area contributed by atoms with Gasteiger partial charge in [-0.25, -0.2) is 0 Å². The van der Waals surface area contributed by atoms with Gasteiger partial charge < -0.3 is 0 Å². The Kier molecular flexibility index (Phi) is 7.25. The molecule has 0 saturated carbocycles. The van der Waals surface area contributed by atoms with Crippen molar-refractivity contribution in [1.82, 2.24) is 0 Å². The van der Waals surface area contributed by atoms with E-state index in [1.165, 1.54) is 11.1 Å². The Labute approximate surface area is 131 Å². The first-order valence-electron chi connectivity index (χ1n) is 6.07. The van der Waals surface area contributed by atoms with Crippen LogP contribution < -0.4 is 0 Å². The van der Waals surface area contributed by atoms with Crippen molar-refractivity contribution in [2.75, 3.05) is 0 Å². The van der Waals surface area contributed by atoms with Crippen LogP contribution in [0.15, 0.2) is 18.2 Å². The van der Waals surface area contributed by atoms with Crippen molar-refractivity contribution in [3.05, 3.63) is 34.9 Å². The zero-order chi connectivity index (χ0) is 11.6. The van der Waals surface area contributed by atoms with Crippen LogP contribution in [-0.4, -0.2) is 37.7 Å². The Bertz CT molecular complexity index is 298. The summed E-state index contributed by atoms with van der Waals surface area (Å²) in [4.78, 5) is 0. The summed E-state index contributed by atoms with van der Waals surface area (Å²) < 4.78 is 0. The van der Waals surface area contributed by atoms with Crippen LogP contribution in [0.3, 0.4) is 0 Å². The van der Waals surface area contributed by atoms with Gasteiger partial charge in [0.05, 0.1) is 0 Å². The van der Waals surface area contributed by atoms with Gasteiger partial charge in [0.1, 0.15) is 0 Å². The molecular formula is C15H26Ca. The predicted octanol–water partition coefficient (Wildman–Crippen LogP) is 4.14. The van der Waals surface area contributed by atoms with Crippen molar-refractivity contribution >= 4 is 37.7 Å². The van der Waals surface area contributed by atoms with Crippen LogP contribution in [0.1, 0.15) is 76.0 Å². The number of hydrogen-bond donors (Lipinski definition) is 0. The second-order valence-corrected chi connectivity index (χ2v) is 5.31. The number of rotatable bonds is 3. The third kappa shape index (κ3) is 3.75. The molecule has 0 nitrogen and oxygen atoms in total. The normalized spacial score (nSPS) is 11.1. The fourth-order valence-corrected chi connectivity index (χ4v) is 2.28. The summed E-state index contributed by atoms with van der Waals surface area (Å²) >= 11 is 0. The third-order valence-corrected chi connectivity index (χ3v) is 2.99. The van der Waals surface area contributed by atoms with E-state index in [2.05, 4.69) is 59.7 Å². The molecule has 0 N–H and O–H groups in total. The monoisotopic (exact) mass is 246 g/mol. The molecule has 88 valence electrons. The summed E-state index contributed by atoms with van der Waals surface area (Å²) in [6, 6.07) is 6.77. The van der Waals surface area contributed by atoms with E-state index in [1.807, 2.05) is 0 Å². The van der Waals surface area contributed by atoms with E-state index >= 15 is 0 Å². The van der Waals surface area contributed by atoms with Crippen molar-refractivity contribution < 1.29 is 0 Å². The van der Waals surface area contributed by atoms with Gasteiger partial charge in [0.2, 0.25) is 0 Å². The molecular weight excluding hydrogens is 220 g/mol. The summed E-state index contributed by atoms with van der Waals surface area (Å²) in [5.74, 6) is 1.88. The van der Waals surface area contributed by atoms with Crippen molar-refractivity contribution in [2.45, 2.75) is 59.3 Å². The van der Waals surface area contributed by atoms with Crippen LogP contribution >= 0.6 is 0 Å². The molecule has 0 amide bonds. The van der Waals surface area contributed by atoms with E-state index in [0.29, 0.717) is 17.8 Å². The van der Waals surface area contributed by atoms with Crippen LogP contribution in [0.2, 0.25) is 0 Å². The maximum atomic E-state index is 2.30. The molecule has 0 unspecified atom stereocenters. The van der Waals surface area contributed by atoms with E-state index in [-0.39, 0.29) is 37.7 Å². The summed E-state index contributed by atoms with van der Waals surface area (Å²) in [5.41, 5.74) is 4.62. The van der Waals surface area contributed by atoms with Crippen molar-refractivity contribution in [2.24, 2.45) is 0 Å². The molecule has 0 bridgehead atoms. The Hall–Kier alpha value is 0.480. The van der Waals surface area contributed by atoms with E-state index < -0.39 is 0 Å². The van der Waals surface area contributed by atoms with Crippen molar-refractivity contribution in [3.63, 3.8) is 0 Å². The van der Waals surface area contributed by atoms with Gasteiger partial charge >= 0.3 is 37.7 Å². The zero-order valence-corrected chi connectivity index (χ0v) is 11.0. The molecule has 1 aromatic rings. The van der Waals surface area contributed by atoms with E-state index in [9.17, 15) is 0 Å². The van der Waals surface area contributed by atoms with Gasteiger partial charge in [-0.3, -0.25) is 0 Å². The predicted molar refractivity (Wildman–Crippen MR) is 77.3 cm³/mol. The minimum atomic E-state index is 0. The average molecular weight is 246 g/mol. The van der Waals surface area contributed by atoms with Gasteiger partial charge in [-0.05, 0) is 34.4 Å². The van der Waals surface area contributed by atoms with Gasteiger partial charge in [0.25, 0.3) is 0 Å². The fourth-order valence-electron chi connectivity index (χ4n) is 2.28. The molecule has 0 heterocycles. The summed E-state index contributed by atoms with van der Waals surface area (Å²) in [6.07, 6.45) is 0. The van der Waals surface area contributed by atoms with Crippen molar-refractivity contribution in [1.29, 1.82) is 0 Å². The molecule has 1 rings (SSSR count). The molecule has 0 radical (unpaired) electrons. The Morgan fingerprint density at radius 2 is 1.06 bits per heavy atom. The van der Waals surface area contributed by atoms with Gasteiger partial charge in [-0.1, -0.05) is 59.7 Å². The molecule has 0 aliphatic heterocycles. The van der Waals surface area contributed by atoms with E-state index in [0.717, 1.165) is 0 Å². The Morgan fingerprint density at radius 1 is 0.688 bits per heavy atom. The van der Waals surface area contributed by atoms with Gasteiger partial charge in [-0.15, -0.1) is 0 Å². The Morgan fingerprint density at radius 3 is 1.31 bits per heavy atom. The topological polar surface area (TPSA) is 0 Å². The molecule has 0 aromatic heterocycles. The molecule has 1 aromatic carbocycles. The van der Waals surface area contributed by atoms with E-state index in [1.54, 1.807) is 5.56 Å². The van der Waals surface area contributed by atoms with Gasteiger partial charge in [0.15, 0.2) is 0 Å². The van der Waals surface area contributed by atoms with Crippen molar-refractivity contribution in [3.8, 4) is 0 Å². The average Bonchev–Trinajstić information content (AvgIpc) is 2.16. The molecule has 0 fully saturated rings. The molecule has 0 atom stereocenters. The molecule has 16 heavy (non-hydrogen) atoms. The molecule has 1 heteroatoms. The SMILES string of the molecule is CC(C)c1cccc(C(C)C)c1C(C)C.[CaH2]. The molecule has 0 spiro atoms. The zero-order valence-electron chi connectivity index (χ0n) is 11.0. The minimum absolute atomic E-state index is 0. The van der Waals surface area contributed by atoms with Gasteiger partial charge in [-0.2, -0.15) is 0 Å². The second kappa shape index (κ2) is 7.03. The maximum absolute atomic E-state index is 2.30. The second-order valence-electron chi connectivity index (χ2n) is 5.31. The summed E-state index contributed by atoms with van der Waals surface area (Å²) in [6.45, 7) is 13.7. The standard InChI is InChI=1S/C15H24.Ca.2H/c1-10(2)13-8-7-9-14(11(3)4)15(13)12(5)6;;;/h7-12H,1-6H3;;;. The van der Waals surface area contributed by atoms with Crippen LogP contribution in [0.25, 0.3) is 0 Å². The molecule has 0 aliphatic rings. The number of hydrogen-bond acceptors (Lipinski definition) is 0. The quantitative estimate of drug-likeness (QED) is 0.703. The van der Waals surface area contributed by atoms with Crippen LogP contribution in [0.4, 0.5) is 0 Å². The fraction of sp³-hybridized carbons (Fsp3) is 0.600. The van der Waals surface area contributed by atoms with E-state index in [4.69, 9.17) is 0 Å². The van der Waals surface area contributed by atoms with Crippen LogP contribution in [0.5, 0.6) is 0 Å². The summed E-state index contributed by atoms with van der Waals surface area (Å²) in [5, 5.41) is 0. The first kappa shape index (κ1) is 16.5. The summed E-state index contributed by atoms with van der Waals surface area (Å²) in [7, 11) is 0. The number of benzene rings is 1. The van der Waals surface area contributed by atoms with Crippen LogP contribution in [0, 0.1) is 0 Å².